The second kappa shape index (κ2) is 3.24. The fourth-order valence-corrected chi connectivity index (χ4v) is 2.80. The molecule has 1 aliphatic rings. The van der Waals surface area contributed by atoms with Gasteiger partial charge in [-0.25, -0.2) is 0 Å². The Morgan fingerprint density at radius 2 is 2.38 bits per heavy atom. The molecule has 1 heterocycles. The quantitative estimate of drug-likeness (QED) is 0.715. The van der Waals surface area contributed by atoms with Crippen LogP contribution in [0.2, 0.25) is 0 Å². The SMILES string of the molecule is CN(C)C[C@@H]1Cc2ccsc2C1=O. The van der Waals surface area contributed by atoms with E-state index in [2.05, 4.69) is 11.0 Å². The first kappa shape index (κ1) is 8.91. The van der Waals surface area contributed by atoms with E-state index in [0.29, 0.717) is 5.78 Å². The lowest BCUT2D eigenvalue weighted by atomic mass is 10.1. The van der Waals surface area contributed by atoms with Crippen molar-refractivity contribution in [3.8, 4) is 0 Å². The van der Waals surface area contributed by atoms with Gasteiger partial charge < -0.3 is 4.90 Å². The number of fused-ring (bicyclic) bond motifs is 1. The van der Waals surface area contributed by atoms with E-state index in [-0.39, 0.29) is 5.92 Å². The maximum atomic E-state index is 11.8. The summed E-state index contributed by atoms with van der Waals surface area (Å²) >= 11 is 1.58. The third-order valence-corrected chi connectivity index (χ3v) is 3.36. The van der Waals surface area contributed by atoms with Gasteiger partial charge in [0.25, 0.3) is 0 Å². The van der Waals surface area contributed by atoms with Crippen LogP contribution in [0, 0.1) is 5.92 Å². The molecule has 0 aliphatic heterocycles. The third kappa shape index (κ3) is 1.54. The number of Topliss-reactive ketones (excluding diaryl/α,β-unsaturated/α-hetero) is 1. The van der Waals surface area contributed by atoms with Gasteiger partial charge >= 0.3 is 0 Å². The van der Waals surface area contributed by atoms with Gasteiger partial charge in [-0.1, -0.05) is 0 Å². The molecular weight excluding hydrogens is 182 g/mol. The third-order valence-electron chi connectivity index (χ3n) is 2.39. The molecule has 0 amide bonds. The molecular formula is C10H13NOS. The van der Waals surface area contributed by atoms with Crippen LogP contribution < -0.4 is 0 Å². The molecule has 0 aromatic carbocycles. The van der Waals surface area contributed by atoms with Gasteiger partial charge in [-0.2, -0.15) is 0 Å². The molecule has 0 spiro atoms. The predicted molar refractivity (Wildman–Crippen MR) is 54.4 cm³/mol. The van der Waals surface area contributed by atoms with E-state index < -0.39 is 0 Å². The van der Waals surface area contributed by atoms with Crippen molar-refractivity contribution in [1.29, 1.82) is 0 Å². The monoisotopic (exact) mass is 195 g/mol. The van der Waals surface area contributed by atoms with Crippen LogP contribution in [0.25, 0.3) is 0 Å². The average Bonchev–Trinajstić information content (AvgIpc) is 2.56. The molecule has 1 aromatic heterocycles. The zero-order chi connectivity index (χ0) is 9.42. The van der Waals surface area contributed by atoms with Crippen LogP contribution in [0.1, 0.15) is 15.2 Å². The summed E-state index contributed by atoms with van der Waals surface area (Å²) in [5.41, 5.74) is 1.25. The molecule has 13 heavy (non-hydrogen) atoms. The highest BCUT2D eigenvalue weighted by molar-refractivity contribution is 7.12. The highest BCUT2D eigenvalue weighted by atomic mass is 32.1. The molecule has 3 heteroatoms. The highest BCUT2D eigenvalue weighted by Gasteiger charge is 2.31. The van der Waals surface area contributed by atoms with Crippen LogP contribution in [0.3, 0.4) is 0 Å². The van der Waals surface area contributed by atoms with Gasteiger partial charge in [-0.15, -0.1) is 11.3 Å². The summed E-state index contributed by atoms with van der Waals surface area (Å²) in [5.74, 6) is 0.552. The first-order valence-electron chi connectivity index (χ1n) is 4.44. The number of carbonyl (C=O) groups is 1. The molecule has 1 aliphatic carbocycles. The molecule has 0 N–H and O–H groups in total. The number of ketones is 1. The summed E-state index contributed by atoms with van der Waals surface area (Å²) in [6.07, 6.45) is 0.940. The first-order chi connectivity index (χ1) is 6.18. The summed E-state index contributed by atoms with van der Waals surface area (Å²) in [6, 6.07) is 2.08. The molecule has 0 saturated carbocycles. The molecule has 0 unspecified atom stereocenters. The number of thiophene rings is 1. The van der Waals surface area contributed by atoms with Crippen LogP contribution >= 0.6 is 11.3 Å². The fraction of sp³-hybridized carbons (Fsp3) is 0.500. The van der Waals surface area contributed by atoms with Gasteiger partial charge in [0.15, 0.2) is 5.78 Å². The molecule has 0 saturated heterocycles. The number of carbonyl (C=O) groups excluding carboxylic acids is 1. The highest BCUT2D eigenvalue weighted by Crippen LogP contribution is 2.31. The van der Waals surface area contributed by atoms with Crippen molar-refractivity contribution >= 4 is 17.1 Å². The lowest BCUT2D eigenvalue weighted by Gasteiger charge is -2.13. The Bertz CT molecular complexity index is 329. The van der Waals surface area contributed by atoms with Crippen molar-refractivity contribution < 1.29 is 4.79 Å². The Labute approximate surface area is 82.2 Å². The number of rotatable bonds is 2. The van der Waals surface area contributed by atoms with Crippen molar-refractivity contribution in [2.24, 2.45) is 5.92 Å². The van der Waals surface area contributed by atoms with E-state index in [1.165, 1.54) is 5.56 Å². The van der Waals surface area contributed by atoms with Gasteiger partial charge in [0.2, 0.25) is 0 Å². The molecule has 1 aromatic rings. The Morgan fingerprint density at radius 3 is 3.00 bits per heavy atom. The Morgan fingerprint density at radius 1 is 1.62 bits per heavy atom. The van der Waals surface area contributed by atoms with Crippen molar-refractivity contribution in [3.05, 3.63) is 21.9 Å². The van der Waals surface area contributed by atoms with Gasteiger partial charge in [0.1, 0.15) is 0 Å². The van der Waals surface area contributed by atoms with Crippen LogP contribution in [-0.2, 0) is 6.42 Å². The summed E-state index contributed by atoms with van der Waals surface area (Å²) < 4.78 is 0. The Kier molecular flexibility index (Phi) is 2.22. The smallest absolute Gasteiger partial charge is 0.177 e. The minimum atomic E-state index is 0.206. The Balaban J connectivity index is 2.15. The van der Waals surface area contributed by atoms with E-state index >= 15 is 0 Å². The van der Waals surface area contributed by atoms with E-state index in [4.69, 9.17) is 0 Å². The standard InChI is InChI=1S/C10H13NOS/c1-11(2)6-8-5-7-3-4-13-10(7)9(8)12/h3-4,8H,5-6H2,1-2H3/t8-/m0/s1. The van der Waals surface area contributed by atoms with E-state index in [9.17, 15) is 4.79 Å². The maximum Gasteiger partial charge on any atom is 0.177 e. The van der Waals surface area contributed by atoms with Crippen LogP contribution in [0.15, 0.2) is 11.4 Å². The van der Waals surface area contributed by atoms with Crippen molar-refractivity contribution in [2.45, 2.75) is 6.42 Å². The summed E-state index contributed by atoms with van der Waals surface area (Å²) in [6.45, 7) is 0.875. The molecule has 0 fully saturated rings. The van der Waals surface area contributed by atoms with Crippen molar-refractivity contribution in [1.82, 2.24) is 4.90 Å². The van der Waals surface area contributed by atoms with Crippen molar-refractivity contribution in [2.75, 3.05) is 20.6 Å². The molecule has 2 nitrogen and oxygen atoms in total. The largest absolute Gasteiger partial charge is 0.309 e. The molecule has 2 rings (SSSR count). The van der Waals surface area contributed by atoms with Crippen LogP contribution in [-0.4, -0.2) is 31.3 Å². The molecule has 0 radical (unpaired) electrons. The first-order valence-corrected chi connectivity index (χ1v) is 5.31. The lowest BCUT2D eigenvalue weighted by Crippen LogP contribution is -2.25. The lowest BCUT2D eigenvalue weighted by molar-refractivity contribution is 0.0920. The number of nitrogens with zero attached hydrogens (tertiary/aromatic N) is 1. The minimum absolute atomic E-state index is 0.206. The summed E-state index contributed by atoms with van der Waals surface area (Å²) in [5, 5.41) is 2.01. The fourth-order valence-electron chi connectivity index (χ4n) is 1.84. The van der Waals surface area contributed by atoms with Crippen LogP contribution in [0.4, 0.5) is 0 Å². The van der Waals surface area contributed by atoms with Gasteiger partial charge in [0.05, 0.1) is 4.88 Å². The van der Waals surface area contributed by atoms with Gasteiger partial charge in [0, 0.05) is 12.5 Å². The van der Waals surface area contributed by atoms with E-state index in [0.717, 1.165) is 17.8 Å². The maximum absolute atomic E-state index is 11.8. The number of hydrogen-bond acceptors (Lipinski definition) is 3. The van der Waals surface area contributed by atoms with E-state index in [1.807, 2.05) is 19.5 Å². The summed E-state index contributed by atoms with van der Waals surface area (Å²) in [7, 11) is 4.03. The minimum Gasteiger partial charge on any atom is -0.309 e. The normalized spacial score (nSPS) is 21.2. The zero-order valence-corrected chi connectivity index (χ0v) is 8.73. The van der Waals surface area contributed by atoms with Gasteiger partial charge in [-0.05, 0) is 37.5 Å². The van der Waals surface area contributed by atoms with Gasteiger partial charge in [-0.3, -0.25) is 4.79 Å². The molecule has 70 valence electrons. The number of hydrogen-bond donors (Lipinski definition) is 0. The molecule has 0 bridgehead atoms. The van der Waals surface area contributed by atoms with Crippen LogP contribution in [0.5, 0.6) is 0 Å². The zero-order valence-electron chi connectivity index (χ0n) is 7.91. The Hall–Kier alpha value is -0.670. The molecule has 1 atom stereocenters. The second-order valence-electron chi connectivity index (χ2n) is 3.80. The second-order valence-corrected chi connectivity index (χ2v) is 4.72. The predicted octanol–water partition coefficient (Wildman–Crippen LogP) is 1.66. The summed E-state index contributed by atoms with van der Waals surface area (Å²) in [4.78, 5) is 14.9. The average molecular weight is 195 g/mol. The topological polar surface area (TPSA) is 20.3 Å². The van der Waals surface area contributed by atoms with E-state index in [1.54, 1.807) is 11.3 Å². The van der Waals surface area contributed by atoms with Crippen molar-refractivity contribution in [3.63, 3.8) is 0 Å².